The smallest absolute Gasteiger partial charge is 0.220 e. The minimum atomic E-state index is -0.171. The van der Waals surface area contributed by atoms with Crippen LogP contribution in [-0.2, 0) is 10.3 Å². The molecule has 0 aromatic heterocycles. The van der Waals surface area contributed by atoms with Gasteiger partial charge in [-0.1, -0.05) is 36.6 Å². The van der Waals surface area contributed by atoms with Gasteiger partial charge in [0.25, 0.3) is 0 Å². The first-order valence-corrected chi connectivity index (χ1v) is 9.33. The monoisotopic (exact) mass is 370 g/mol. The summed E-state index contributed by atoms with van der Waals surface area (Å²) in [4.78, 5) is 12.5. The first-order valence-electron chi connectivity index (χ1n) is 8.96. The average molecular weight is 371 g/mol. The minimum absolute atomic E-state index is 0. The van der Waals surface area contributed by atoms with Gasteiger partial charge >= 0.3 is 0 Å². The Bertz CT molecular complexity index is 521. The average Bonchev–Trinajstić information content (AvgIpc) is 3.04. The highest BCUT2D eigenvalue weighted by Crippen LogP contribution is 2.39. The second-order valence-electron chi connectivity index (χ2n) is 7.08. The summed E-state index contributed by atoms with van der Waals surface area (Å²) in [5.41, 5.74) is 1.03. The topological polar surface area (TPSA) is 41.1 Å². The van der Waals surface area contributed by atoms with Crippen LogP contribution < -0.4 is 10.6 Å². The molecule has 0 bridgehead atoms. The molecule has 3 rings (SSSR count). The number of carbonyl (C=O) groups is 1. The number of nitrogens with one attached hydrogen (secondary N) is 2. The second-order valence-corrected chi connectivity index (χ2v) is 7.51. The van der Waals surface area contributed by atoms with Gasteiger partial charge in [-0.25, -0.2) is 0 Å². The van der Waals surface area contributed by atoms with E-state index in [9.17, 15) is 4.79 Å². The fraction of sp³-hybridized carbons (Fsp3) is 0.632. The number of benzene rings is 1. The Morgan fingerprint density at radius 1 is 1.17 bits per heavy atom. The fourth-order valence-electron chi connectivity index (χ4n) is 4.07. The van der Waals surface area contributed by atoms with E-state index >= 15 is 0 Å². The minimum Gasteiger partial charge on any atom is -0.347 e. The van der Waals surface area contributed by atoms with Gasteiger partial charge in [0, 0.05) is 11.4 Å². The van der Waals surface area contributed by atoms with Crippen molar-refractivity contribution in [2.45, 2.75) is 56.9 Å². The highest BCUT2D eigenvalue weighted by Gasteiger charge is 2.36. The highest BCUT2D eigenvalue weighted by molar-refractivity contribution is 6.30. The molecule has 2 aliphatic rings. The van der Waals surface area contributed by atoms with E-state index in [2.05, 4.69) is 22.8 Å². The van der Waals surface area contributed by atoms with Crippen LogP contribution in [0.3, 0.4) is 0 Å². The zero-order valence-electron chi connectivity index (χ0n) is 14.2. The molecule has 0 radical (unpaired) electrons. The first kappa shape index (κ1) is 19.6. The maximum absolute atomic E-state index is 12.5. The predicted octanol–water partition coefficient (Wildman–Crippen LogP) is 4.43. The third kappa shape index (κ3) is 4.87. The summed E-state index contributed by atoms with van der Waals surface area (Å²) in [6.45, 7) is 2.20. The van der Waals surface area contributed by atoms with E-state index in [4.69, 9.17) is 11.6 Å². The molecule has 1 aromatic carbocycles. The lowest BCUT2D eigenvalue weighted by Gasteiger charge is -2.31. The van der Waals surface area contributed by atoms with Gasteiger partial charge in [-0.05, 0) is 68.8 Å². The van der Waals surface area contributed by atoms with Gasteiger partial charge in [0.1, 0.15) is 0 Å². The largest absolute Gasteiger partial charge is 0.347 e. The van der Waals surface area contributed by atoms with Gasteiger partial charge in [0.15, 0.2) is 0 Å². The van der Waals surface area contributed by atoms with Crippen molar-refractivity contribution >= 4 is 29.9 Å². The molecule has 134 valence electrons. The molecule has 1 saturated heterocycles. The maximum atomic E-state index is 12.5. The Balaban J connectivity index is 0.00000208. The molecule has 1 heterocycles. The number of carbonyl (C=O) groups excluding carboxylic acids is 1. The van der Waals surface area contributed by atoms with Crippen molar-refractivity contribution < 1.29 is 4.79 Å². The molecule has 1 aromatic rings. The third-order valence-corrected chi connectivity index (χ3v) is 5.72. The lowest BCUT2D eigenvalue weighted by molar-refractivity contribution is -0.123. The zero-order chi connectivity index (χ0) is 16.1. The predicted molar refractivity (Wildman–Crippen MR) is 102 cm³/mol. The highest BCUT2D eigenvalue weighted by atomic mass is 35.5. The normalized spacial score (nSPS) is 20.4. The van der Waals surface area contributed by atoms with Crippen molar-refractivity contribution in [3.8, 4) is 0 Å². The third-order valence-electron chi connectivity index (χ3n) is 5.47. The molecule has 1 aliphatic heterocycles. The van der Waals surface area contributed by atoms with Crippen molar-refractivity contribution in [1.29, 1.82) is 0 Å². The fourth-order valence-corrected chi connectivity index (χ4v) is 4.19. The number of hydrogen-bond acceptors (Lipinski definition) is 2. The molecule has 1 aliphatic carbocycles. The van der Waals surface area contributed by atoms with Crippen molar-refractivity contribution in [3.05, 3.63) is 34.9 Å². The van der Waals surface area contributed by atoms with Crippen LogP contribution in [0.25, 0.3) is 0 Å². The van der Waals surface area contributed by atoms with E-state index in [0.717, 1.165) is 37.4 Å². The first-order chi connectivity index (χ1) is 11.2. The molecule has 0 atom stereocenters. The molecule has 1 saturated carbocycles. The molecule has 0 unspecified atom stereocenters. The SMILES string of the molecule is Cl.O=C(CCC1CCNCC1)NC1(c2ccc(Cl)cc2)CCCC1. The number of piperidine rings is 1. The summed E-state index contributed by atoms with van der Waals surface area (Å²) in [6.07, 6.45) is 8.51. The molecule has 2 fully saturated rings. The molecule has 1 amide bonds. The van der Waals surface area contributed by atoms with E-state index in [1.807, 2.05) is 12.1 Å². The maximum Gasteiger partial charge on any atom is 0.220 e. The van der Waals surface area contributed by atoms with E-state index < -0.39 is 0 Å². The second kappa shape index (κ2) is 9.07. The van der Waals surface area contributed by atoms with Crippen molar-refractivity contribution in [3.63, 3.8) is 0 Å². The quantitative estimate of drug-likeness (QED) is 0.804. The molecule has 3 nitrogen and oxygen atoms in total. The van der Waals surface area contributed by atoms with Gasteiger partial charge < -0.3 is 10.6 Å². The zero-order valence-corrected chi connectivity index (χ0v) is 15.7. The summed E-state index contributed by atoms with van der Waals surface area (Å²) in [7, 11) is 0. The lowest BCUT2D eigenvalue weighted by atomic mass is 9.87. The van der Waals surface area contributed by atoms with Crippen LogP contribution in [-0.4, -0.2) is 19.0 Å². The molecule has 2 N–H and O–H groups in total. The lowest BCUT2D eigenvalue weighted by Crippen LogP contribution is -2.44. The van der Waals surface area contributed by atoms with Crippen molar-refractivity contribution in [1.82, 2.24) is 10.6 Å². The van der Waals surface area contributed by atoms with Crippen LogP contribution in [0.5, 0.6) is 0 Å². The van der Waals surface area contributed by atoms with Gasteiger partial charge in [-0.3, -0.25) is 4.79 Å². The number of halogens is 2. The van der Waals surface area contributed by atoms with E-state index in [-0.39, 0.29) is 23.9 Å². The summed E-state index contributed by atoms with van der Waals surface area (Å²) < 4.78 is 0. The Hall–Kier alpha value is -0.770. The van der Waals surface area contributed by atoms with E-state index in [1.165, 1.54) is 31.2 Å². The molecule has 24 heavy (non-hydrogen) atoms. The number of amides is 1. The van der Waals surface area contributed by atoms with Gasteiger partial charge in [-0.2, -0.15) is 0 Å². The van der Waals surface area contributed by atoms with Crippen LogP contribution in [0.4, 0.5) is 0 Å². The number of hydrogen-bond donors (Lipinski definition) is 2. The Morgan fingerprint density at radius 2 is 1.79 bits per heavy atom. The van der Waals surface area contributed by atoms with Gasteiger partial charge in [0.05, 0.1) is 5.54 Å². The van der Waals surface area contributed by atoms with Crippen LogP contribution >= 0.6 is 24.0 Å². The number of rotatable bonds is 5. The van der Waals surface area contributed by atoms with Crippen LogP contribution in [0, 0.1) is 5.92 Å². The summed E-state index contributed by atoms with van der Waals surface area (Å²) >= 11 is 6.01. The Labute approximate surface area is 156 Å². The van der Waals surface area contributed by atoms with Gasteiger partial charge in [0.2, 0.25) is 5.91 Å². The van der Waals surface area contributed by atoms with E-state index in [0.29, 0.717) is 12.3 Å². The van der Waals surface area contributed by atoms with Gasteiger partial charge in [-0.15, -0.1) is 12.4 Å². The Morgan fingerprint density at radius 3 is 2.42 bits per heavy atom. The standard InChI is InChI=1S/C19H27ClN2O.ClH/c20-17-6-4-16(5-7-17)19(11-1-2-12-19)22-18(23)8-3-15-9-13-21-14-10-15;/h4-7,15,21H,1-3,8-14H2,(H,22,23);1H. The van der Waals surface area contributed by atoms with Crippen molar-refractivity contribution in [2.24, 2.45) is 5.92 Å². The molecule has 5 heteroatoms. The van der Waals surface area contributed by atoms with Crippen LogP contribution in [0.1, 0.15) is 56.9 Å². The molecular formula is C19H28Cl2N2O. The summed E-state index contributed by atoms with van der Waals surface area (Å²) in [6, 6.07) is 8.00. The molecule has 0 spiro atoms. The molecular weight excluding hydrogens is 343 g/mol. The summed E-state index contributed by atoms with van der Waals surface area (Å²) in [5, 5.41) is 7.50. The van der Waals surface area contributed by atoms with Crippen LogP contribution in [0.2, 0.25) is 5.02 Å². The van der Waals surface area contributed by atoms with E-state index in [1.54, 1.807) is 0 Å². The Kier molecular flexibility index (Phi) is 7.39. The van der Waals surface area contributed by atoms with Crippen molar-refractivity contribution in [2.75, 3.05) is 13.1 Å². The van der Waals surface area contributed by atoms with Crippen LogP contribution in [0.15, 0.2) is 24.3 Å². The summed E-state index contributed by atoms with van der Waals surface area (Å²) in [5.74, 6) is 0.914.